The Balaban J connectivity index is 1.58. The Hall–Kier alpha value is -2.93. The summed E-state index contributed by atoms with van der Waals surface area (Å²) in [4.78, 5) is 25.5. The van der Waals surface area contributed by atoms with Gasteiger partial charge in [0.25, 0.3) is 5.91 Å². The van der Waals surface area contributed by atoms with Crippen molar-refractivity contribution in [3.05, 3.63) is 59.6 Å². The molecule has 0 atom stereocenters. The summed E-state index contributed by atoms with van der Waals surface area (Å²) in [5.74, 6) is -0.486. The van der Waals surface area contributed by atoms with E-state index < -0.39 is 0 Å². The van der Waals surface area contributed by atoms with Crippen molar-refractivity contribution in [2.45, 2.75) is 18.9 Å². The van der Waals surface area contributed by atoms with E-state index >= 15 is 0 Å². The lowest BCUT2D eigenvalue weighted by Gasteiger charge is -2.08. The first-order valence-electron chi connectivity index (χ1n) is 8.47. The first-order valence-corrected chi connectivity index (χ1v) is 9.35. The van der Waals surface area contributed by atoms with E-state index in [0.29, 0.717) is 5.69 Å². The third-order valence-electron chi connectivity index (χ3n) is 4.07. The number of carbonyl (C=O) groups is 2. The second-order valence-electron chi connectivity index (χ2n) is 6.16. The van der Waals surface area contributed by atoms with E-state index in [9.17, 15) is 9.59 Å². The van der Waals surface area contributed by atoms with Crippen LogP contribution in [0.4, 0.5) is 0 Å². The number of hydrogen-bond acceptors (Lipinski definition) is 4. The highest BCUT2D eigenvalue weighted by Crippen LogP contribution is 2.25. The molecule has 0 spiro atoms. The standard InChI is InChI=1S/C19H18N4O2S/c24-18(21-13-8-9-13)12-20-19(25)16-11-15(17-7-4-10-26-17)22-23(16)14-5-2-1-3-6-14/h1-7,10-11,13H,8-9,12H2,(H,20,25)(H,21,24). The zero-order valence-corrected chi connectivity index (χ0v) is 14.8. The highest BCUT2D eigenvalue weighted by atomic mass is 32.1. The van der Waals surface area contributed by atoms with Crippen LogP contribution in [0.15, 0.2) is 53.9 Å². The van der Waals surface area contributed by atoms with Gasteiger partial charge in [-0.2, -0.15) is 5.10 Å². The van der Waals surface area contributed by atoms with Crippen LogP contribution in [0, 0.1) is 0 Å². The number of hydrogen-bond donors (Lipinski definition) is 2. The predicted molar refractivity (Wildman–Crippen MR) is 100 cm³/mol. The van der Waals surface area contributed by atoms with Crippen LogP contribution < -0.4 is 10.6 Å². The molecule has 132 valence electrons. The molecule has 6 nitrogen and oxygen atoms in total. The number of benzene rings is 1. The van der Waals surface area contributed by atoms with Crippen molar-refractivity contribution in [3.63, 3.8) is 0 Å². The van der Waals surface area contributed by atoms with Gasteiger partial charge in [0.05, 0.1) is 17.1 Å². The molecule has 7 heteroatoms. The van der Waals surface area contributed by atoms with Gasteiger partial charge in [0.1, 0.15) is 11.4 Å². The van der Waals surface area contributed by atoms with Gasteiger partial charge in [0, 0.05) is 6.04 Å². The third kappa shape index (κ3) is 3.67. The fraction of sp³-hybridized carbons (Fsp3) is 0.211. The zero-order chi connectivity index (χ0) is 17.9. The lowest BCUT2D eigenvalue weighted by atomic mass is 10.3. The first kappa shape index (κ1) is 16.5. The molecule has 3 aromatic rings. The van der Waals surface area contributed by atoms with Crippen molar-refractivity contribution < 1.29 is 9.59 Å². The minimum atomic E-state index is -0.324. The Labute approximate surface area is 154 Å². The van der Waals surface area contributed by atoms with Crippen molar-refractivity contribution in [1.82, 2.24) is 20.4 Å². The summed E-state index contributed by atoms with van der Waals surface area (Å²) in [5.41, 5.74) is 1.93. The summed E-state index contributed by atoms with van der Waals surface area (Å²) in [7, 11) is 0. The Morgan fingerprint density at radius 1 is 1.15 bits per heavy atom. The molecule has 0 radical (unpaired) electrons. The smallest absolute Gasteiger partial charge is 0.270 e. The molecule has 0 bridgehead atoms. The van der Waals surface area contributed by atoms with Gasteiger partial charge in [-0.1, -0.05) is 24.3 Å². The molecule has 1 aliphatic carbocycles. The molecule has 0 aliphatic heterocycles. The summed E-state index contributed by atoms with van der Waals surface area (Å²) in [6.07, 6.45) is 2.04. The number of nitrogens with one attached hydrogen (secondary N) is 2. The van der Waals surface area contributed by atoms with Gasteiger partial charge >= 0.3 is 0 Å². The lowest BCUT2D eigenvalue weighted by molar-refractivity contribution is -0.120. The lowest BCUT2D eigenvalue weighted by Crippen LogP contribution is -2.38. The van der Waals surface area contributed by atoms with Crippen LogP contribution in [0.3, 0.4) is 0 Å². The molecule has 4 rings (SSSR count). The quantitative estimate of drug-likeness (QED) is 0.704. The highest BCUT2D eigenvalue weighted by molar-refractivity contribution is 7.13. The molecule has 1 aromatic carbocycles. The van der Waals surface area contributed by atoms with Gasteiger partial charge < -0.3 is 10.6 Å². The van der Waals surface area contributed by atoms with Gasteiger partial charge in [-0.05, 0) is 42.5 Å². The predicted octanol–water partition coefficient (Wildman–Crippen LogP) is 2.61. The fourth-order valence-electron chi connectivity index (χ4n) is 2.61. The van der Waals surface area contributed by atoms with Gasteiger partial charge in [-0.3, -0.25) is 9.59 Å². The second-order valence-corrected chi connectivity index (χ2v) is 7.11. The summed E-state index contributed by atoms with van der Waals surface area (Å²) in [6.45, 7) is -0.0381. The van der Waals surface area contributed by atoms with Gasteiger partial charge in [0.15, 0.2) is 0 Å². The molecular formula is C19H18N4O2S. The fourth-order valence-corrected chi connectivity index (χ4v) is 3.29. The molecule has 1 saturated carbocycles. The Bertz CT molecular complexity index is 914. The Morgan fingerprint density at radius 2 is 1.96 bits per heavy atom. The van der Waals surface area contributed by atoms with Crippen molar-refractivity contribution >= 4 is 23.2 Å². The number of nitrogens with zero attached hydrogens (tertiary/aromatic N) is 2. The SMILES string of the molecule is O=C(CNC(=O)c1cc(-c2cccs2)nn1-c1ccccc1)NC1CC1. The number of amides is 2. The topological polar surface area (TPSA) is 76.0 Å². The zero-order valence-electron chi connectivity index (χ0n) is 14.0. The van der Waals surface area contributed by atoms with E-state index in [0.717, 1.165) is 29.1 Å². The van der Waals surface area contributed by atoms with Crippen molar-refractivity contribution in [1.29, 1.82) is 0 Å². The maximum Gasteiger partial charge on any atom is 0.270 e. The Kier molecular flexibility index (Phi) is 4.53. The summed E-state index contributed by atoms with van der Waals surface area (Å²) in [6, 6.07) is 15.4. The van der Waals surface area contributed by atoms with E-state index in [2.05, 4.69) is 15.7 Å². The van der Waals surface area contributed by atoms with Crippen molar-refractivity contribution in [2.75, 3.05) is 6.54 Å². The molecule has 1 fully saturated rings. The first-order chi connectivity index (χ1) is 12.7. The number of rotatable bonds is 6. The molecule has 2 amide bonds. The summed E-state index contributed by atoms with van der Waals surface area (Å²) >= 11 is 1.57. The monoisotopic (exact) mass is 366 g/mol. The third-order valence-corrected chi connectivity index (χ3v) is 4.96. The maximum absolute atomic E-state index is 12.7. The van der Waals surface area contributed by atoms with E-state index in [1.165, 1.54) is 0 Å². The van der Waals surface area contributed by atoms with Crippen LogP contribution in [0.2, 0.25) is 0 Å². The second kappa shape index (κ2) is 7.13. The van der Waals surface area contributed by atoms with E-state index in [1.807, 2.05) is 47.8 Å². The molecule has 26 heavy (non-hydrogen) atoms. The highest BCUT2D eigenvalue weighted by Gasteiger charge is 2.24. The van der Waals surface area contributed by atoms with Crippen molar-refractivity contribution in [2.24, 2.45) is 0 Å². The molecular weight excluding hydrogens is 348 g/mol. The minimum absolute atomic E-state index is 0.0381. The molecule has 0 unspecified atom stereocenters. The van der Waals surface area contributed by atoms with Crippen LogP contribution in [0.5, 0.6) is 0 Å². The van der Waals surface area contributed by atoms with Crippen LogP contribution in [0.1, 0.15) is 23.3 Å². The summed E-state index contributed by atoms with van der Waals surface area (Å²) < 4.78 is 1.61. The average molecular weight is 366 g/mol. The van der Waals surface area contributed by atoms with E-state index in [4.69, 9.17) is 0 Å². The largest absolute Gasteiger partial charge is 0.352 e. The maximum atomic E-state index is 12.7. The van der Waals surface area contributed by atoms with Gasteiger partial charge in [-0.15, -0.1) is 11.3 Å². The molecule has 0 saturated heterocycles. The molecule has 2 N–H and O–H groups in total. The van der Waals surface area contributed by atoms with Crippen LogP contribution in [-0.4, -0.2) is 34.2 Å². The molecule has 2 heterocycles. The van der Waals surface area contributed by atoms with Crippen LogP contribution in [-0.2, 0) is 4.79 Å². The van der Waals surface area contributed by atoms with Gasteiger partial charge in [0.2, 0.25) is 5.91 Å². The van der Waals surface area contributed by atoms with E-state index in [-0.39, 0.29) is 24.4 Å². The van der Waals surface area contributed by atoms with E-state index in [1.54, 1.807) is 22.1 Å². The Morgan fingerprint density at radius 3 is 2.65 bits per heavy atom. The van der Waals surface area contributed by atoms with Crippen LogP contribution in [0.25, 0.3) is 16.3 Å². The number of para-hydroxylation sites is 1. The normalized spacial score (nSPS) is 13.4. The van der Waals surface area contributed by atoms with Crippen molar-refractivity contribution in [3.8, 4) is 16.3 Å². The summed E-state index contributed by atoms with van der Waals surface area (Å²) in [5, 5.41) is 12.1. The molecule has 1 aliphatic rings. The van der Waals surface area contributed by atoms with Crippen LogP contribution >= 0.6 is 11.3 Å². The number of aromatic nitrogens is 2. The molecule has 2 aromatic heterocycles. The van der Waals surface area contributed by atoms with Gasteiger partial charge in [-0.25, -0.2) is 4.68 Å². The average Bonchev–Trinajstić information content (AvgIpc) is 3.15. The minimum Gasteiger partial charge on any atom is -0.352 e. The number of carbonyl (C=O) groups excluding carboxylic acids is 2. The number of thiophene rings is 1.